The van der Waals surface area contributed by atoms with Crippen molar-refractivity contribution in [2.24, 2.45) is 0 Å². The summed E-state index contributed by atoms with van der Waals surface area (Å²) >= 11 is 0. The molecule has 3 heteroatoms. The topological polar surface area (TPSA) is 21.3 Å². The van der Waals surface area contributed by atoms with Crippen LogP contribution < -0.4 is 10.1 Å². The molecule has 0 aliphatic carbocycles. The fourth-order valence-electron chi connectivity index (χ4n) is 1.93. The molecular weight excluding hydrogens is 217 g/mol. The molecule has 0 bridgehead atoms. The fourth-order valence-corrected chi connectivity index (χ4v) is 1.93. The van der Waals surface area contributed by atoms with Crippen LogP contribution in [0.1, 0.15) is 45.2 Å². The molecule has 2 nitrogen and oxygen atoms in total. The molecule has 17 heavy (non-hydrogen) atoms. The van der Waals surface area contributed by atoms with E-state index >= 15 is 0 Å². The van der Waals surface area contributed by atoms with Gasteiger partial charge < -0.3 is 10.1 Å². The lowest BCUT2D eigenvalue weighted by molar-refractivity contribution is 0.384. The second-order valence-corrected chi connectivity index (χ2v) is 4.30. The van der Waals surface area contributed by atoms with Crippen LogP contribution in [0.2, 0.25) is 0 Å². The first kappa shape index (κ1) is 14.0. The summed E-state index contributed by atoms with van der Waals surface area (Å²) in [6.45, 7) is 6.37. The minimum Gasteiger partial charge on any atom is -0.494 e. The van der Waals surface area contributed by atoms with E-state index in [0.717, 1.165) is 18.4 Å². The van der Waals surface area contributed by atoms with Gasteiger partial charge in [0.1, 0.15) is 0 Å². The standard InChI is InChI=1S/C14H22FNO/c1-5-12(6-2)16-10(3)11-7-8-14(17-4)13(15)9-11/h7-10,12,16H,5-6H2,1-4H3. The smallest absolute Gasteiger partial charge is 0.165 e. The first-order valence-corrected chi connectivity index (χ1v) is 6.21. The SMILES string of the molecule is CCC(CC)NC(C)c1ccc(OC)c(F)c1. The summed E-state index contributed by atoms with van der Waals surface area (Å²) in [7, 11) is 1.48. The predicted octanol–water partition coefficient (Wildman–Crippen LogP) is 3.67. The van der Waals surface area contributed by atoms with Crippen LogP contribution in [-0.4, -0.2) is 13.2 Å². The summed E-state index contributed by atoms with van der Waals surface area (Å²) in [5, 5.41) is 3.49. The molecule has 1 unspecified atom stereocenters. The van der Waals surface area contributed by atoms with Crippen molar-refractivity contribution in [2.45, 2.75) is 45.7 Å². The second kappa shape index (κ2) is 6.60. The zero-order chi connectivity index (χ0) is 12.8. The van der Waals surface area contributed by atoms with Crippen molar-refractivity contribution in [1.29, 1.82) is 0 Å². The monoisotopic (exact) mass is 239 g/mol. The molecule has 1 rings (SSSR count). The summed E-state index contributed by atoms with van der Waals surface area (Å²) in [6.07, 6.45) is 2.17. The molecule has 1 N–H and O–H groups in total. The fraction of sp³-hybridized carbons (Fsp3) is 0.571. The van der Waals surface area contributed by atoms with Gasteiger partial charge in [0, 0.05) is 12.1 Å². The largest absolute Gasteiger partial charge is 0.494 e. The second-order valence-electron chi connectivity index (χ2n) is 4.30. The lowest BCUT2D eigenvalue weighted by Crippen LogP contribution is -2.30. The zero-order valence-electron chi connectivity index (χ0n) is 11.1. The zero-order valence-corrected chi connectivity index (χ0v) is 11.1. The van der Waals surface area contributed by atoms with E-state index in [1.807, 2.05) is 6.07 Å². The van der Waals surface area contributed by atoms with Gasteiger partial charge in [-0.25, -0.2) is 4.39 Å². The number of benzene rings is 1. The van der Waals surface area contributed by atoms with Gasteiger partial charge in [0.15, 0.2) is 11.6 Å². The highest BCUT2D eigenvalue weighted by atomic mass is 19.1. The molecule has 0 saturated carbocycles. The Bertz CT molecular complexity index is 350. The van der Waals surface area contributed by atoms with Crippen LogP contribution >= 0.6 is 0 Å². The molecule has 0 saturated heterocycles. The van der Waals surface area contributed by atoms with E-state index in [2.05, 4.69) is 26.1 Å². The molecule has 96 valence electrons. The van der Waals surface area contributed by atoms with Crippen molar-refractivity contribution < 1.29 is 9.13 Å². The first-order valence-electron chi connectivity index (χ1n) is 6.21. The summed E-state index contributed by atoms with van der Waals surface area (Å²) in [4.78, 5) is 0. The summed E-state index contributed by atoms with van der Waals surface area (Å²) in [6, 6.07) is 5.76. The highest BCUT2D eigenvalue weighted by Gasteiger charge is 2.12. The van der Waals surface area contributed by atoms with Crippen LogP contribution in [0.15, 0.2) is 18.2 Å². The van der Waals surface area contributed by atoms with Crippen molar-refractivity contribution in [3.63, 3.8) is 0 Å². The van der Waals surface area contributed by atoms with E-state index in [-0.39, 0.29) is 11.9 Å². The normalized spacial score (nSPS) is 12.8. The van der Waals surface area contributed by atoms with E-state index in [1.165, 1.54) is 7.11 Å². The molecular formula is C14H22FNO. The van der Waals surface area contributed by atoms with Gasteiger partial charge in [0.05, 0.1) is 7.11 Å². The molecule has 0 amide bonds. The number of methoxy groups -OCH3 is 1. The van der Waals surface area contributed by atoms with E-state index in [9.17, 15) is 4.39 Å². The maximum Gasteiger partial charge on any atom is 0.165 e. The minimum atomic E-state index is -0.303. The molecule has 1 aromatic carbocycles. The Hall–Kier alpha value is -1.09. The van der Waals surface area contributed by atoms with Gasteiger partial charge in [0.2, 0.25) is 0 Å². The van der Waals surface area contributed by atoms with Gasteiger partial charge >= 0.3 is 0 Å². The van der Waals surface area contributed by atoms with E-state index in [0.29, 0.717) is 11.8 Å². The van der Waals surface area contributed by atoms with Crippen LogP contribution in [0.3, 0.4) is 0 Å². The maximum atomic E-state index is 13.6. The first-order chi connectivity index (χ1) is 8.12. The number of rotatable bonds is 6. The van der Waals surface area contributed by atoms with Crippen LogP contribution in [0.25, 0.3) is 0 Å². The number of hydrogen-bond acceptors (Lipinski definition) is 2. The Kier molecular flexibility index (Phi) is 5.42. The third-order valence-electron chi connectivity index (χ3n) is 3.15. The molecule has 0 heterocycles. The van der Waals surface area contributed by atoms with Gasteiger partial charge in [-0.1, -0.05) is 19.9 Å². The van der Waals surface area contributed by atoms with Gasteiger partial charge in [-0.3, -0.25) is 0 Å². The average molecular weight is 239 g/mol. The van der Waals surface area contributed by atoms with Crippen molar-refractivity contribution >= 4 is 0 Å². The third kappa shape index (κ3) is 3.70. The van der Waals surface area contributed by atoms with Crippen LogP contribution in [0.5, 0.6) is 5.75 Å². The molecule has 0 aromatic heterocycles. The van der Waals surface area contributed by atoms with E-state index < -0.39 is 0 Å². The van der Waals surface area contributed by atoms with Crippen LogP contribution in [0.4, 0.5) is 4.39 Å². The highest BCUT2D eigenvalue weighted by Crippen LogP contribution is 2.22. The number of hydrogen-bond donors (Lipinski definition) is 1. The summed E-state index contributed by atoms with van der Waals surface area (Å²) < 4.78 is 18.5. The molecule has 1 aromatic rings. The van der Waals surface area contributed by atoms with Gasteiger partial charge in [-0.2, -0.15) is 0 Å². The Labute approximate surface area is 103 Å². The Morgan fingerprint density at radius 3 is 2.41 bits per heavy atom. The van der Waals surface area contributed by atoms with Gasteiger partial charge in [0.25, 0.3) is 0 Å². The quantitative estimate of drug-likeness (QED) is 0.817. The van der Waals surface area contributed by atoms with E-state index in [4.69, 9.17) is 4.74 Å². The van der Waals surface area contributed by atoms with Crippen molar-refractivity contribution in [3.8, 4) is 5.75 Å². The van der Waals surface area contributed by atoms with Gasteiger partial charge in [-0.15, -0.1) is 0 Å². The van der Waals surface area contributed by atoms with Crippen molar-refractivity contribution in [2.75, 3.05) is 7.11 Å². The predicted molar refractivity (Wildman–Crippen MR) is 68.9 cm³/mol. The van der Waals surface area contributed by atoms with Crippen LogP contribution in [0, 0.1) is 5.82 Å². The molecule has 0 aliphatic heterocycles. The highest BCUT2D eigenvalue weighted by molar-refractivity contribution is 5.30. The van der Waals surface area contributed by atoms with Gasteiger partial charge in [-0.05, 0) is 37.5 Å². The Balaban J connectivity index is 2.75. The van der Waals surface area contributed by atoms with E-state index in [1.54, 1.807) is 12.1 Å². The van der Waals surface area contributed by atoms with Crippen molar-refractivity contribution in [1.82, 2.24) is 5.32 Å². The Morgan fingerprint density at radius 2 is 1.94 bits per heavy atom. The lowest BCUT2D eigenvalue weighted by atomic mass is 10.1. The third-order valence-corrected chi connectivity index (χ3v) is 3.15. The van der Waals surface area contributed by atoms with Crippen molar-refractivity contribution in [3.05, 3.63) is 29.6 Å². The number of nitrogens with one attached hydrogen (secondary N) is 1. The molecule has 0 spiro atoms. The Morgan fingerprint density at radius 1 is 1.29 bits per heavy atom. The molecule has 0 aliphatic rings. The molecule has 1 atom stereocenters. The number of halogens is 1. The summed E-state index contributed by atoms with van der Waals surface area (Å²) in [5.74, 6) is -0.00770. The molecule has 0 radical (unpaired) electrons. The van der Waals surface area contributed by atoms with Crippen LogP contribution in [-0.2, 0) is 0 Å². The minimum absolute atomic E-state index is 0.153. The maximum absolute atomic E-state index is 13.6. The number of ether oxygens (including phenoxy) is 1. The lowest BCUT2D eigenvalue weighted by Gasteiger charge is -2.21. The molecule has 0 fully saturated rings. The summed E-state index contributed by atoms with van der Waals surface area (Å²) in [5.41, 5.74) is 0.954. The average Bonchev–Trinajstić information content (AvgIpc) is 2.35.